The van der Waals surface area contributed by atoms with Gasteiger partial charge < -0.3 is 9.84 Å². The van der Waals surface area contributed by atoms with Crippen molar-refractivity contribution in [2.24, 2.45) is 0 Å². The van der Waals surface area contributed by atoms with Gasteiger partial charge in [-0.1, -0.05) is 61.0 Å². The van der Waals surface area contributed by atoms with Gasteiger partial charge in [-0.15, -0.1) is 0 Å². The molecular formula is C21H26O2. The zero-order valence-corrected chi connectivity index (χ0v) is 14.2. The lowest BCUT2D eigenvalue weighted by Gasteiger charge is -2.17. The number of rotatable bonds is 7. The van der Waals surface area contributed by atoms with E-state index in [9.17, 15) is 5.11 Å². The first-order valence-corrected chi connectivity index (χ1v) is 8.18. The van der Waals surface area contributed by atoms with Crippen LogP contribution in [0.3, 0.4) is 0 Å². The van der Waals surface area contributed by atoms with E-state index in [0.717, 1.165) is 24.2 Å². The third-order valence-electron chi connectivity index (χ3n) is 4.21. The van der Waals surface area contributed by atoms with Gasteiger partial charge in [-0.3, -0.25) is 0 Å². The highest BCUT2D eigenvalue weighted by molar-refractivity contribution is 5.32. The van der Waals surface area contributed by atoms with E-state index in [4.69, 9.17) is 4.74 Å². The predicted molar refractivity (Wildman–Crippen MR) is 95.8 cm³/mol. The van der Waals surface area contributed by atoms with E-state index in [1.54, 1.807) is 7.11 Å². The third-order valence-corrected chi connectivity index (χ3v) is 4.21. The maximum absolute atomic E-state index is 10.4. The van der Waals surface area contributed by atoms with Gasteiger partial charge in [0, 0.05) is 0 Å². The molecule has 122 valence electrons. The molecule has 2 heteroatoms. The lowest BCUT2D eigenvalue weighted by Crippen LogP contribution is -2.00. The van der Waals surface area contributed by atoms with Crippen molar-refractivity contribution < 1.29 is 9.84 Å². The van der Waals surface area contributed by atoms with E-state index in [-0.39, 0.29) is 0 Å². The van der Waals surface area contributed by atoms with Crippen molar-refractivity contribution >= 4 is 0 Å². The number of benzene rings is 2. The number of aliphatic hydroxyl groups excluding tert-OH is 1. The van der Waals surface area contributed by atoms with Crippen LogP contribution in [0.25, 0.3) is 0 Å². The van der Waals surface area contributed by atoms with Crippen LogP contribution in [0.4, 0.5) is 0 Å². The molecule has 0 saturated heterocycles. The molecule has 0 saturated carbocycles. The smallest absolute Gasteiger partial charge is 0.119 e. The lowest BCUT2D eigenvalue weighted by atomic mass is 9.89. The minimum Gasteiger partial charge on any atom is -0.497 e. The standard InChI is InChI=1S/C21H26O2/c1-4-17(18-9-6-5-7-10-18)13-16(2)14-21(22)19-11-8-12-20(15-19)23-3/h5-12,14-15,17,21-22H,4,13H2,1-3H3/b16-14+/t17?,21-/m1/s1. The first-order chi connectivity index (χ1) is 11.1. The van der Waals surface area contributed by atoms with Crippen molar-refractivity contribution in [2.75, 3.05) is 7.11 Å². The van der Waals surface area contributed by atoms with E-state index in [1.165, 1.54) is 11.1 Å². The van der Waals surface area contributed by atoms with Gasteiger partial charge in [-0.2, -0.15) is 0 Å². The Labute approximate surface area is 139 Å². The van der Waals surface area contributed by atoms with Gasteiger partial charge in [0.15, 0.2) is 0 Å². The summed E-state index contributed by atoms with van der Waals surface area (Å²) in [6.07, 6.45) is 3.39. The summed E-state index contributed by atoms with van der Waals surface area (Å²) in [5.74, 6) is 1.26. The first kappa shape index (κ1) is 17.3. The maximum atomic E-state index is 10.4. The number of aliphatic hydroxyl groups is 1. The Morgan fingerprint density at radius 3 is 2.43 bits per heavy atom. The highest BCUT2D eigenvalue weighted by Gasteiger charge is 2.11. The average molecular weight is 310 g/mol. The molecule has 0 heterocycles. The molecule has 0 aromatic heterocycles. The minimum absolute atomic E-state index is 0.491. The molecule has 2 aromatic rings. The van der Waals surface area contributed by atoms with Crippen molar-refractivity contribution in [1.82, 2.24) is 0 Å². The second-order valence-electron chi connectivity index (χ2n) is 5.95. The van der Waals surface area contributed by atoms with Crippen LogP contribution in [0.2, 0.25) is 0 Å². The molecule has 1 N–H and O–H groups in total. The summed E-state index contributed by atoms with van der Waals surface area (Å²) >= 11 is 0. The normalized spacial score (nSPS) is 14.3. The Morgan fingerprint density at radius 2 is 1.78 bits per heavy atom. The Hall–Kier alpha value is -2.06. The molecule has 0 aliphatic rings. The Kier molecular flexibility index (Phi) is 6.42. The second-order valence-corrected chi connectivity index (χ2v) is 5.95. The molecular weight excluding hydrogens is 284 g/mol. The third kappa shape index (κ3) is 4.97. The molecule has 0 spiro atoms. The van der Waals surface area contributed by atoms with Crippen LogP contribution in [-0.2, 0) is 0 Å². The second kappa shape index (κ2) is 8.54. The molecule has 2 aromatic carbocycles. The first-order valence-electron chi connectivity index (χ1n) is 8.18. The molecule has 0 amide bonds. The number of methoxy groups -OCH3 is 1. The van der Waals surface area contributed by atoms with Gasteiger partial charge in [0.2, 0.25) is 0 Å². The van der Waals surface area contributed by atoms with Crippen LogP contribution in [-0.4, -0.2) is 12.2 Å². The molecule has 2 atom stereocenters. The highest BCUT2D eigenvalue weighted by atomic mass is 16.5. The average Bonchev–Trinajstić information content (AvgIpc) is 2.60. The van der Waals surface area contributed by atoms with Gasteiger partial charge in [-0.25, -0.2) is 0 Å². The fourth-order valence-electron chi connectivity index (χ4n) is 2.87. The van der Waals surface area contributed by atoms with Crippen molar-refractivity contribution in [3.05, 3.63) is 77.4 Å². The molecule has 1 unspecified atom stereocenters. The zero-order chi connectivity index (χ0) is 16.7. The van der Waals surface area contributed by atoms with Crippen molar-refractivity contribution in [2.45, 2.75) is 38.7 Å². The molecule has 2 nitrogen and oxygen atoms in total. The van der Waals surface area contributed by atoms with Crippen molar-refractivity contribution in [3.63, 3.8) is 0 Å². The van der Waals surface area contributed by atoms with Crippen LogP contribution in [0.15, 0.2) is 66.2 Å². The van der Waals surface area contributed by atoms with Crippen molar-refractivity contribution in [1.29, 1.82) is 0 Å². The molecule has 0 aliphatic heterocycles. The number of hydrogen-bond donors (Lipinski definition) is 1. The Bertz CT molecular complexity index is 631. The van der Waals surface area contributed by atoms with Gasteiger partial charge in [0.05, 0.1) is 13.2 Å². The van der Waals surface area contributed by atoms with Crippen LogP contribution in [0.1, 0.15) is 49.8 Å². The summed E-state index contributed by atoms with van der Waals surface area (Å²) in [6, 6.07) is 18.2. The lowest BCUT2D eigenvalue weighted by molar-refractivity contribution is 0.226. The summed E-state index contributed by atoms with van der Waals surface area (Å²) in [4.78, 5) is 0. The van der Waals surface area contributed by atoms with E-state index in [2.05, 4.69) is 38.1 Å². The van der Waals surface area contributed by atoms with E-state index >= 15 is 0 Å². The zero-order valence-electron chi connectivity index (χ0n) is 14.2. The van der Waals surface area contributed by atoms with Crippen LogP contribution >= 0.6 is 0 Å². The molecule has 0 fully saturated rings. The molecule has 0 aliphatic carbocycles. The van der Waals surface area contributed by atoms with Gasteiger partial charge in [0.25, 0.3) is 0 Å². The number of allylic oxidation sites excluding steroid dienone is 1. The van der Waals surface area contributed by atoms with Gasteiger partial charge in [0.1, 0.15) is 5.75 Å². The summed E-state index contributed by atoms with van der Waals surface area (Å²) in [5, 5.41) is 10.4. The van der Waals surface area contributed by atoms with Gasteiger partial charge in [-0.05, 0) is 48.9 Å². The summed E-state index contributed by atoms with van der Waals surface area (Å²) < 4.78 is 5.22. The number of hydrogen-bond acceptors (Lipinski definition) is 2. The molecule has 0 radical (unpaired) electrons. The quantitative estimate of drug-likeness (QED) is 0.707. The Morgan fingerprint density at radius 1 is 1.09 bits per heavy atom. The SMILES string of the molecule is CCC(C/C(C)=C/[C@@H](O)c1cccc(OC)c1)c1ccccc1. The fourth-order valence-corrected chi connectivity index (χ4v) is 2.87. The van der Waals surface area contributed by atoms with E-state index in [1.807, 2.05) is 36.4 Å². The number of ether oxygens (including phenoxy) is 1. The monoisotopic (exact) mass is 310 g/mol. The molecule has 0 bridgehead atoms. The summed E-state index contributed by atoms with van der Waals surface area (Å²) in [5.41, 5.74) is 3.42. The Balaban J connectivity index is 2.08. The predicted octanol–water partition coefficient (Wildman–Crippen LogP) is 5.26. The van der Waals surface area contributed by atoms with Crippen LogP contribution in [0, 0.1) is 0 Å². The maximum Gasteiger partial charge on any atom is 0.119 e. The van der Waals surface area contributed by atoms with Crippen LogP contribution in [0.5, 0.6) is 5.75 Å². The topological polar surface area (TPSA) is 29.5 Å². The van der Waals surface area contributed by atoms with E-state index in [0.29, 0.717) is 5.92 Å². The van der Waals surface area contributed by atoms with Crippen LogP contribution < -0.4 is 4.74 Å². The van der Waals surface area contributed by atoms with Gasteiger partial charge >= 0.3 is 0 Å². The summed E-state index contributed by atoms with van der Waals surface area (Å²) in [6.45, 7) is 4.30. The largest absolute Gasteiger partial charge is 0.497 e. The van der Waals surface area contributed by atoms with E-state index < -0.39 is 6.10 Å². The minimum atomic E-state index is -0.599. The van der Waals surface area contributed by atoms with Crippen molar-refractivity contribution in [3.8, 4) is 5.75 Å². The highest BCUT2D eigenvalue weighted by Crippen LogP contribution is 2.28. The molecule has 2 rings (SSSR count). The molecule has 23 heavy (non-hydrogen) atoms. The fraction of sp³-hybridized carbons (Fsp3) is 0.333. The summed E-state index contributed by atoms with van der Waals surface area (Å²) in [7, 11) is 1.64.